The highest BCUT2D eigenvalue weighted by atomic mass is 32.1. The monoisotopic (exact) mass is 354 g/mol. The fourth-order valence-corrected chi connectivity index (χ4v) is 6.46. The molecule has 2 N–H and O–H groups in total. The zero-order valence-electron chi connectivity index (χ0n) is 14.1. The van der Waals surface area contributed by atoms with E-state index in [-0.39, 0.29) is 17.1 Å². The van der Waals surface area contributed by atoms with Gasteiger partial charge >= 0.3 is 0 Å². The Morgan fingerprint density at radius 3 is 2.48 bits per heavy atom. The number of hydrogen-bond donors (Lipinski definition) is 2. The van der Waals surface area contributed by atoms with E-state index in [1.54, 1.807) is 18.2 Å². The van der Waals surface area contributed by atoms with E-state index in [2.05, 4.69) is 10.3 Å². The van der Waals surface area contributed by atoms with Gasteiger partial charge in [-0.25, -0.2) is 4.98 Å². The number of nitrogens with zero attached hydrogens (tertiary/aromatic N) is 1. The number of phenolic OH excluding ortho intramolecular Hbond substituents is 1. The molecule has 2 aromatic rings. The first-order valence-corrected chi connectivity index (χ1v) is 10.0. The van der Waals surface area contributed by atoms with Crippen LogP contribution in [0.4, 0.5) is 5.13 Å². The smallest absolute Gasteiger partial charge is 0.232 e. The minimum atomic E-state index is -0.147. The summed E-state index contributed by atoms with van der Waals surface area (Å²) in [6.07, 6.45) is 7.21. The molecule has 4 nitrogen and oxygen atoms in total. The molecule has 4 bridgehead atoms. The molecule has 130 valence electrons. The maximum absolute atomic E-state index is 13.1. The number of rotatable bonds is 3. The molecular weight excluding hydrogens is 332 g/mol. The number of amides is 1. The molecule has 1 heterocycles. The second-order valence-corrected chi connectivity index (χ2v) is 9.10. The van der Waals surface area contributed by atoms with Crippen LogP contribution in [0.15, 0.2) is 29.6 Å². The Balaban J connectivity index is 1.35. The van der Waals surface area contributed by atoms with Crippen molar-refractivity contribution in [3.05, 3.63) is 29.6 Å². The lowest BCUT2D eigenvalue weighted by Crippen LogP contribution is -2.51. The lowest BCUT2D eigenvalue weighted by Gasteiger charge is -2.55. The molecule has 6 rings (SSSR count). The van der Waals surface area contributed by atoms with E-state index in [0.29, 0.717) is 5.13 Å². The van der Waals surface area contributed by atoms with Crippen molar-refractivity contribution in [2.24, 2.45) is 23.2 Å². The molecule has 4 aliphatic carbocycles. The molecule has 4 aliphatic rings. The molecule has 0 atom stereocenters. The van der Waals surface area contributed by atoms with Crippen LogP contribution in [0.1, 0.15) is 38.5 Å². The summed E-state index contributed by atoms with van der Waals surface area (Å²) >= 11 is 1.46. The summed E-state index contributed by atoms with van der Waals surface area (Å²) in [5, 5.41) is 15.3. The average Bonchev–Trinajstić information content (AvgIpc) is 3.02. The first-order valence-electron chi connectivity index (χ1n) is 9.16. The van der Waals surface area contributed by atoms with Gasteiger partial charge in [0.1, 0.15) is 5.75 Å². The van der Waals surface area contributed by atoms with Crippen LogP contribution in [-0.2, 0) is 4.79 Å². The van der Waals surface area contributed by atoms with Crippen molar-refractivity contribution in [2.75, 3.05) is 5.32 Å². The Morgan fingerprint density at radius 2 is 1.84 bits per heavy atom. The van der Waals surface area contributed by atoms with E-state index < -0.39 is 0 Å². The summed E-state index contributed by atoms with van der Waals surface area (Å²) in [6, 6.07) is 7.06. The number of aromatic hydroxyl groups is 1. The van der Waals surface area contributed by atoms with Crippen molar-refractivity contribution in [3.63, 3.8) is 0 Å². The van der Waals surface area contributed by atoms with Crippen LogP contribution < -0.4 is 5.32 Å². The number of nitrogens with one attached hydrogen (secondary N) is 1. The topological polar surface area (TPSA) is 62.2 Å². The number of hydrogen-bond acceptors (Lipinski definition) is 4. The number of phenols is 1. The molecule has 4 fully saturated rings. The van der Waals surface area contributed by atoms with Gasteiger partial charge in [0.25, 0.3) is 0 Å². The second-order valence-electron chi connectivity index (χ2n) is 8.24. The van der Waals surface area contributed by atoms with Crippen LogP contribution in [0, 0.1) is 23.2 Å². The molecule has 1 aromatic carbocycles. The third kappa shape index (κ3) is 2.65. The third-order valence-corrected chi connectivity index (χ3v) is 7.14. The first kappa shape index (κ1) is 15.4. The third-order valence-electron chi connectivity index (χ3n) is 6.39. The Hall–Kier alpha value is -1.88. The molecule has 0 aliphatic heterocycles. The predicted octanol–water partition coefficient (Wildman–Crippen LogP) is 4.67. The van der Waals surface area contributed by atoms with Crippen molar-refractivity contribution in [1.82, 2.24) is 4.98 Å². The zero-order chi connectivity index (χ0) is 17.0. The molecule has 0 saturated heterocycles. The summed E-state index contributed by atoms with van der Waals surface area (Å²) in [4.78, 5) is 17.6. The van der Waals surface area contributed by atoms with E-state index in [9.17, 15) is 9.90 Å². The number of aromatic nitrogens is 1. The van der Waals surface area contributed by atoms with Crippen molar-refractivity contribution in [2.45, 2.75) is 38.5 Å². The van der Waals surface area contributed by atoms with Crippen molar-refractivity contribution < 1.29 is 9.90 Å². The fraction of sp³-hybridized carbons (Fsp3) is 0.500. The Morgan fingerprint density at radius 1 is 1.16 bits per heavy atom. The molecule has 0 unspecified atom stereocenters. The van der Waals surface area contributed by atoms with Gasteiger partial charge in [-0.05, 0) is 68.4 Å². The normalized spacial score (nSPS) is 32.7. The molecule has 25 heavy (non-hydrogen) atoms. The predicted molar refractivity (Wildman–Crippen MR) is 98.4 cm³/mol. The van der Waals surface area contributed by atoms with E-state index in [1.165, 1.54) is 30.6 Å². The average molecular weight is 354 g/mol. The van der Waals surface area contributed by atoms with Gasteiger partial charge in [0.2, 0.25) is 5.91 Å². The minimum absolute atomic E-state index is 0.147. The van der Waals surface area contributed by atoms with E-state index >= 15 is 0 Å². The molecule has 1 amide bonds. The van der Waals surface area contributed by atoms with Crippen LogP contribution in [-0.4, -0.2) is 16.0 Å². The number of anilines is 1. The summed E-state index contributed by atoms with van der Waals surface area (Å²) in [6.45, 7) is 0. The Bertz CT molecular complexity index is 793. The van der Waals surface area contributed by atoms with Gasteiger partial charge < -0.3 is 10.4 Å². The fourth-order valence-electron chi connectivity index (χ4n) is 5.75. The van der Waals surface area contributed by atoms with E-state index in [1.807, 2.05) is 11.4 Å². The highest BCUT2D eigenvalue weighted by Crippen LogP contribution is 2.60. The van der Waals surface area contributed by atoms with Gasteiger partial charge in [-0.15, -0.1) is 11.3 Å². The lowest BCUT2D eigenvalue weighted by atomic mass is 9.49. The molecule has 4 saturated carbocycles. The number of thiazole rings is 1. The summed E-state index contributed by atoms with van der Waals surface area (Å²) in [7, 11) is 0. The Labute approximate surface area is 151 Å². The van der Waals surface area contributed by atoms with Gasteiger partial charge in [-0.3, -0.25) is 4.79 Å². The quantitative estimate of drug-likeness (QED) is 0.842. The summed E-state index contributed by atoms with van der Waals surface area (Å²) in [5.74, 6) is 2.69. The second kappa shape index (κ2) is 5.56. The van der Waals surface area contributed by atoms with Crippen LogP contribution in [0.25, 0.3) is 11.3 Å². The number of benzene rings is 1. The molecule has 5 heteroatoms. The largest absolute Gasteiger partial charge is 0.508 e. The zero-order valence-corrected chi connectivity index (χ0v) is 14.9. The first-order chi connectivity index (χ1) is 12.1. The number of carbonyl (C=O) groups is 1. The van der Waals surface area contributed by atoms with Gasteiger partial charge in [0.15, 0.2) is 5.13 Å². The molecule has 1 aromatic heterocycles. The molecule has 0 spiro atoms. The number of carbonyl (C=O) groups excluding carboxylic acids is 1. The maximum Gasteiger partial charge on any atom is 0.232 e. The molecular formula is C20H22N2O2S. The van der Waals surface area contributed by atoms with E-state index in [0.717, 1.165) is 48.3 Å². The standard InChI is InChI=1S/C20H22N2O2S/c23-16-3-1-2-15(7-16)17-11-25-19(21-17)22-18(24)20-8-12-4-13(9-20)6-14(5-12)10-20/h1-3,7,11-14,23H,4-6,8-10H2,(H,21,22,24). The van der Waals surface area contributed by atoms with Crippen molar-refractivity contribution in [1.29, 1.82) is 0 Å². The van der Waals surface area contributed by atoms with Gasteiger partial charge in [0, 0.05) is 10.9 Å². The highest BCUT2D eigenvalue weighted by molar-refractivity contribution is 7.14. The molecule has 0 radical (unpaired) electrons. The minimum Gasteiger partial charge on any atom is -0.508 e. The van der Waals surface area contributed by atoms with Gasteiger partial charge in [-0.1, -0.05) is 12.1 Å². The van der Waals surface area contributed by atoms with Crippen molar-refractivity contribution in [3.8, 4) is 17.0 Å². The summed E-state index contributed by atoms with van der Waals surface area (Å²) in [5.41, 5.74) is 1.51. The summed E-state index contributed by atoms with van der Waals surface area (Å²) < 4.78 is 0. The highest BCUT2D eigenvalue weighted by Gasteiger charge is 2.54. The maximum atomic E-state index is 13.1. The Kier molecular flexibility index (Phi) is 3.42. The van der Waals surface area contributed by atoms with Crippen LogP contribution in [0.3, 0.4) is 0 Å². The lowest BCUT2D eigenvalue weighted by molar-refractivity contribution is -0.140. The van der Waals surface area contributed by atoms with Gasteiger partial charge in [-0.2, -0.15) is 0 Å². The van der Waals surface area contributed by atoms with Crippen LogP contribution >= 0.6 is 11.3 Å². The SMILES string of the molecule is O=C(Nc1nc(-c2cccc(O)c2)cs1)C12CC3CC(CC(C3)C1)C2. The van der Waals surface area contributed by atoms with E-state index in [4.69, 9.17) is 0 Å². The van der Waals surface area contributed by atoms with Crippen molar-refractivity contribution >= 4 is 22.4 Å². The van der Waals surface area contributed by atoms with Crippen LogP contribution in [0.5, 0.6) is 5.75 Å². The van der Waals surface area contributed by atoms with Crippen LogP contribution in [0.2, 0.25) is 0 Å². The van der Waals surface area contributed by atoms with Gasteiger partial charge in [0.05, 0.1) is 11.1 Å².